The number of aromatic nitrogens is 4. The van der Waals surface area contributed by atoms with Gasteiger partial charge in [0.15, 0.2) is 5.82 Å². The molecule has 0 saturated carbocycles. The zero-order chi connectivity index (χ0) is 13.7. The summed E-state index contributed by atoms with van der Waals surface area (Å²) in [6.07, 6.45) is 0.271. The Labute approximate surface area is 109 Å². The van der Waals surface area contributed by atoms with E-state index in [0.29, 0.717) is 12.4 Å². The molecule has 7 heteroatoms. The molecule has 0 unspecified atom stereocenters. The Morgan fingerprint density at radius 1 is 1.47 bits per heavy atom. The molecule has 0 aliphatic rings. The minimum atomic E-state index is -0.877. The minimum Gasteiger partial charge on any atom is -0.494 e. The van der Waals surface area contributed by atoms with Gasteiger partial charge in [-0.3, -0.25) is 4.79 Å². The van der Waals surface area contributed by atoms with Crippen LogP contribution in [0.1, 0.15) is 19.2 Å². The van der Waals surface area contributed by atoms with Crippen molar-refractivity contribution >= 4 is 5.97 Å². The summed E-state index contributed by atoms with van der Waals surface area (Å²) >= 11 is 0. The molecule has 0 fully saturated rings. The van der Waals surface area contributed by atoms with Gasteiger partial charge in [0.1, 0.15) is 5.75 Å². The van der Waals surface area contributed by atoms with Crippen LogP contribution in [0.25, 0.3) is 5.69 Å². The molecular weight excluding hydrogens is 248 g/mol. The van der Waals surface area contributed by atoms with Gasteiger partial charge in [0.05, 0.1) is 18.7 Å². The fourth-order valence-electron chi connectivity index (χ4n) is 1.65. The highest BCUT2D eigenvalue weighted by Gasteiger charge is 2.10. The van der Waals surface area contributed by atoms with Gasteiger partial charge >= 0.3 is 5.97 Å². The number of carboxylic acids is 1. The van der Waals surface area contributed by atoms with E-state index in [1.54, 1.807) is 0 Å². The molecule has 0 bridgehead atoms. The second kappa shape index (κ2) is 5.94. The van der Waals surface area contributed by atoms with Gasteiger partial charge in [-0.15, -0.1) is 5.10 Å². The van der Waals surface area contributed by atoms with E-state index in [1.165, 1.54) is 4.68 Å². The third-order valence-corrected chi connectivity index (χ3v) is 2.47. The van der Waals surface area contributed by atoms with E-state index in [1.807, 2.05) is 31.2 Å². The Kier molecular flexibility index (Phi) is 4.07. The molecule has 0 spiro atoms. The van der Waals surface area contributed by atoms with Gasteiger partial charge in [-0.05, 0) is 29.5 Å². The number of aryl methyl sites for hydroxylation is 1. The molecule has 1 aromatic carbocycles. The van der Waals surface area contributed by atoms with Crippen LogP contribution in [0.5, 0.6) is 5.75 Å². The molecule has 100 valence electrons. The first-order valence-electron chi connectivity index (χ1n) is 5.93. The lowest BCUT2D eigenvalue weighted by molar-refractivity contribution is -0.137. The lowest BCUT2D eigenvalue weighted by atomic mass is 10.2. The van der Waals surface area contributed by atoms with Crippen LogP contribution in [0.2, 0.25) is 0 Å². The van der Waals surface area contributed by atoms with Crippen LogP contribution in [-0.4, -0.2) is 37.9 Å². The lowest BCUT2D eigenvalue weighted by Gasteiger charge is -2.07. The number of aliphatic carboxylic acids is 1. The molecule has 1 N–H and O–H groups in total. The molecule has 0 aliphatic heterocycles. The van der Waals surface area contributed by atoms with Gasteiger partial charge in [-0.25, -0.2) is 0 Å². The second-order valence-corrected chi connectivity index (χ2v) is 3.83. The molecule has 1 aromatic heterocycles. The third-order valence-electron chi connectivity index (χ3n) is 2.47. The van der Waals surface area contributed by atoms with Crippen molar-refractivity contribution in [3.63, 3.8) is 0 Å². The summed E-state index contributed by atoms with van der Waals surface area (Å²) in [5.41, 5.74) is 0.747. The van der Waals surface area contributed by atoms with Crippen LogP contribution in [0.3, 0.4) is 0 Å². The summed E-state index contributed by atoms with van der Waals surface area (Å²) in [5, 5.41) is 20.0. The van der Waals surface area contributed by atoms with E-state index in [9.17, 15) is 4.79 Å². The quantitative estimate of drug-likeness (QED) is 0.837. The fraction of sp³-hybridized carbons (Fsp3) is 0.333. The average Bonchev–Trinajstić information content (AvgIpc) is 2.85. The summed E-state index contributed by atoms with van der Waals surface area (Å²) in [5.74, 6) is 0.355. The van der Waals surface area contributed by atoms with E-state index in [4.69, 9.17) is 9.84 Å². The first-order valence-corrected chi connectivity index (χ1v) is 5.93. The van der Waals surface area contributed by atoms with Crippen molar-refractivity contribution in [3.05, 3.63) is 30.1 Å². The highest BCUT2D eigenvalue weighted by molar-refractivity contribution is 5.66. The molecular formula is C12H14N4O3. The highest BCUT2D eigenvalue weighted by atomic mass is 16.5. The van der Waals surface area contributed by atoms with E-state index in [0.717, 1.165) is 11.4 Å². The van der Waals surface area contributed by atoms with Crippen molar-refractivity contribution in [2.45, 2.75) is 19.8 Å². The summed E-state index contributed by atoms with van der Waals surface area (Å²) < 4.78 is 6.93. The van der Waals surface area contributed by atoms with Crippen LogP contribution < -0.4 is 4.74 Å². The molecule has 1 heterocycles. The van der Waals surface area contributed by atoms with Gasteiger partial charge in [-0.1, -0.05) is 6.07 Å². The van der Waals surface area contributed by atoms with Crippen molar-refractivity contribution in [1.29, 1.82) is 0 Å². The number of benzene rings is 1. The number of hydrogen-bond acceptors (Lipinski definition) is 5. The van der Waals surface area contributed by atoms with Crippen LogP contribution >= 0.6 is 0 Å². The molecule has 0 atom stereocenters. The molecule has 2 rings (SSSR count). The van der Waals surface area contributed by atoms with E-state index >= 15 is 0 Å². The van der Waals surface area contributed by atoms with Crippen molar-refractivity contribution in [2.75, 3.05) is 6.61 Å². The number of hydrogen-bond donors (Lipinski definition) is 1. The van der Waals surface area contributed by atoms with E-state index in [2.05, 4.69) is 15.5 Å². The Bertz CT molecular complexity index is 568. The van der Waals surface area contributed by atoms with Gasteiger partial charge in [0, 0.05) is 12.5 Å². The number of carboxylic acid groups (broad SMARTS) is 1. The highest BCUT2D eigenvalue weighted by Crippen LogP contribution is 2.17. The molecule has 7 nitrogen and oxygen atoms in total. The van der Waals surface area contributed by atoms with Gasteiger partial charge in [0.25, 0.3) is 0 Å². The van der Waals surface area contributed by atoms with Crippen molar-refractivity contribution in [3.8, 4) is 11.4 Å². The average molecular weight is 262 g/mol. The Morgan fingerprint density at radius 2 is 2.32 bits per heavy atom. The van der Waals surface area contributed by atoms with E-state index < -0.39 is 5.97 Å². The predicted molar refractivity (Wildman–Crippen MR) is 66.3 cm³/mol. The normalized spacial score (nSPS) is 10.4. The number of tetrazole rings is 1. The molecule has 0 saturated heterocycles. The maximum Gasteiger partial charge on any atom is 0.303 e. The summed E-state index contributed by atoms with van der Waals surface area (Å²) in [4.78, 5) is 10.6. The maximum absolute atomic E-state index is 10.6. The molecule has 0 aliphatic carbocycles. The van der Waals surface area contributed by atoms with Gasteiger partial charge < -0.3 is 9.84 Å². The van der Waals surface area contributed by atoms with Crippen LogP contribution in [0.4, 0.5) is 0 Å². The monoisotopic (exact) mass is 262 g/mol. The van der Waals surface area contributed by atoms with Crippen LogP contribution in [0.15, 0.2) is 24.3 Å². The Morgan fingerprint density at radius 3 is 3.05 bits per heavy atom. The van der Waals surface area contributed by atoms with Crippen LogP contribution in [0, 0.1) is 0 Å². The van der Waals surface area contributed by atoms with Crippen molar-refractivity contribution in [2.24, 2.45) is 0 Å². The zero-order valence-electron chi connectivity index (χ0n) is 10.5. The van der Waals surface area contributed by atoms with E-state index in [-0.39, 0.29) is 12.8 Å². The summed E-state index contributed by atoms with van der Waals surface area (Å²) in [6, 6.07) is 7.32. The number of carbonyl (C=O) groups is 1. The predicted octanol–water partition coefficient (Wildman–Crippen LogP) is 1.08. The first kappa shape index (κ1) is 13.0. The van der Waals surface area contributed by atoms with Crippen LogP contribution in [-0.2, 0) is 11.2 Å². The Balaban J connectivity index is 2.23. The molecule has 19 heavy (non-hydrogen) atoms. The fourth-order valence-corrected chi connectivity index (χ4v) is 1.65. The number of nitrogens with zero attached hydrogens (tertiary/aromatic N) is 4. The summed E-state index contributed by atoms with van der Waals surface area (Å²) in [6.45, 7) is 2.48. The van der Waals surface area contributed by atoms with Crippen molar-refractivity contribution < 1.29 is 14.6 Å². The molecule has 0 amide bonds. The van der Waals surface area contributed by atoms with Gasteiger partial charge in [-0.2, -0.15) is 4.68 Å². The SMILES string of the molecule is CCOc1cccc(-n2nnnc2CCC(=O)O)c1. The van der Waals surface area contributed by atoms with Crippen molar-refractivity contribution in [1.82, 2.24) is 20.2 Å². The first-order chi connectivity index (χ1) is 9.20. The smallest absolute Gasteiger partial charge is 0.303 e. The second-order valence-electron chi connectivity index (χ2n) is 3.83. The largest absolute Gasteiger partial charge is 0.494 e. The maximum atomic E-state index is 10.6. The third kappa shape index (κ3) is 3.27. The topological polar surface area (TPSA) is 90.1 Å². The minimum absolute atomic E-state index is 0.00841. The molecule has 2 aromatic rings. The Hall–Kier alpha value is -2.44. The number of rotatable bonds is 6. The zero-order valence-corrected chi connectivity index (χ0v) is 10.5. The number of ether oxygens (including phenoxy) is 1. The standard InChI is InChI=1S/C12H14N4O3/c1-2-19-10-5-3-4-9(8-10)16-11(13-14-15-16)6-7-12(17)18/h3-5,8H,2,6-7H2,1H3,(H,17,18). The molecule has 0 radical (unpaired) electrons. The summed E-state index contributed by atoms with van der Waals surface area (Å²) in [7, 11) is 0. The lowest BCUT2D eigenvalue weighted by Crippen LogP contribution is -2.06. The van der Waals surface area contributed by atoms with Gasteiger partial charge in [0.2, 0.25) is 0 Å².